The van der Waals surface area contributed by atoms with Gasteiger partial charge in [0.2, 0.25) is 5.91 Å². The van der Waals surface area contributed by atoms with Crippen LogP contribution in [0.3, 0.4) is 0 Å². The van der Waals surface area contributed by atoms with E-state index in [4.69, 9.17) is 0 Å². The Labute approximate surface area is 232 Å². The van der Waals surface area contributed by atoms with Gasteiger partial charge in [0.15, 0.2) is 0 Å². The Hall–Kier alpha value is -3.55. The number of aryl methyl sites for hydroxylation is 1. The number of para-hydroxylation sites is 1. The van der Waals surface area contributed by atoms with E-state index in [2.05, 4.69) is 45.8 Å². The van der Waals surface area contributed by atoms with Crippen LogP contribution >= 0.6 is 0 Å². The largest absolute Gasteiger partial charge is 0.324 e. The van der Waals surface area contributed by atoms with E-state index in [0.29, 0.717) is 30.6 Å². The fourth-order valence-corrected chi connectivity index (χ4v) is 5.44. The van der Waals surface area contributed by atoms with E-state index in [1.165, 1.54) is 19.3 Å². The van der Waals surface area contributed by atoms with Gasteiger partial charge in [-0.15, -0.1) is 10.2 Å². The van der Waals surface area contributed by atoms with Crippen LogP contribution in [0.5, 0.6) is 0 Å². The van der Waals surface area contributed by atoms with Gasteiger partial charge in [0.1, 0.15) is 17.7 Å². The number of fused-ring (bicyclic) bond motifs is 1. The number of pyridine rings is 1. The van der Waals surface area contributed by atoms with Gasteiger partial charge in [-0.3, -0.25) is 14.6 Å². The fourth-order valence-electron chi connectivity index (χ4n) is 5.44. The molecule has 8 heteroatoms. The van der Waals surface area contributed by atoms with Crippen LogP contribution < -0.4 is 5.32 Å². The number of rotatable bonds is 13. The maximum atomic E-state index is 14.1. The number of unbranched alkanes of at least 4 members (excludes halogenated alkanes) is 5. The lowest BCUT2D eigenvalue weighted by Crippen LogP contribution is -2.50. The van der Waals surface area contributed by atoms with Crippen molar-refractivity contribution in [2.24, 2.45) is 0 Å². The number of hydrogen-bond donors (Lipinski definition) is 1. The first-order chi connectivity index (χ1) is 19.0. The molecule has 39 heavy (non-hydrogen) atoms. The molecular formula is C31H42N6O2. The molecule has 4 rings (SSSR count). The first-order valence-electron chi connectivity index (χ1n) is 14.5. The van der Waals surface area contributed by atoms with Crippen LogP contribution in [0, 0.1) is 0 Å². The summed E-state index contributed by atoms with van der Waals surface area (Å²) in [7, 11) is 0. The Morgan fingerprint density at radius 3 is 2.51 bits per heavy atom. The Morgan fingerprint density at radius 2 is 1.79 bits per heavy atom. The van der Waals surface area contributed by atoms with Gasteiger partial charge in [0, 0.05) is 48.9 Å². The zero-order chi connectivity index (χ0) is 27.6. The Kier molecular flexibility index (Phi) is 10.2. The molecule has 2 atom stereocenters. The molecule has 3 heterocycles. The number of hydrogen-bond acceptors (Lipinski definition) is 5. The van der Waals surface area contributed by atoms with Crippen LogP contribution in [-0.2, 0) is 22.6 Å². The van der Waals surface area contributed by atoms with Gasteiger partial charge in [-0.1, -0.05) is 77.1 Å². The number of nitrogens with one attached hydrogen (secondary N) is 1. The predicted molar refractivity (Wildman–Crippen MR) is 153 cm³/mol. The topological polar surface area (TPSA) is 93.0 Å². The lowest BCUT2D eigenvalue weighted by Gasteiger charge is -2.40. The van der Waals surface area contributed by atoms with E-state index < -0.39 is 6.04 Å². The number of carbonyl (C=O) groups excluding carboxylic acids is 2. The zero-order valence-corrected chi connectivity index (χ0v) is 23.6. The van der Waals surface area contributed by atoms with Crippen LogP contribution in [-0.4, -0.2) is 42.5 Å². The monoisotopic (exact) mass is 530 g/mol. The average Bonchev–Trinajstić information content (AvgIpc) is 3.38. The first-order valence-corrected chi connectivity index (χ1v) is 14.5. The summed E-state index contributed by atoms with van der Waals surface area (Å²) < 4.78 is 2.15. The van der Waals surface area contributed by atoms with Gasteiger partial charge in [-0.05, 0) is 31.0 Å². The van der Waals surface area contributed by atoms with E-state index in [1.54, 1.807) is 12.4 Å². The zero-order valence-electron chi connectivity index (χ0n) is 23.6. The molecule has 3 aromatic rings. The van der Waals surface area contributed by atoms with Crippen molar-refractivity contribution < 1.29 is 9.59 Å². The third-order valence-electron chi connectivity index (χ3n) is 7.46. The van der Waals surface area contributed by atoms with Crippen molar-refractivity contribution in [1.82, 2.24) is 24.6 Å². The van der Waals surface area contributed by atoms with Crippen molar-refractivity contribution in [2.75, 3.05) is 5.32 Å². The Balaban J connectivity index is 1.65. The number of amides is 2. The van der Waals surface area contributed by atoms with Crippen LogP contribution in [0.15, 0.2) is 54.9 Å². The van der Waals surface area contributed by atoms with Gasteiger partial charge >= 0.3 is 0 Å². The average molecular weight is 531 g/mol. The molecule has 0 saturated heterocycles. The normalized spacial score (nSPS) is 15.5. The minimum absolute atomic E-state index is 0.00942. The van der Waals surface area contributed by atoms with Crippen molar-refractivity contribution in [2.45, 2.75) is 103 Å². The summed E-state index contributed by atoms with van der Waals surface area (Å²) in [6.07, 6.45) is 11.8. The van der Waals surface area contributed by atoms with Crippen LogP contribution in [0.4, 0.5) is 5.69 Å². The van der Waals surface area contributed by atoms with Gasteiger partial charge in [-0.25, -0.2) is 0 Å². The fraction of sp³-hybridized carbons (Fsp3) is 0.516. The standard InChI is InChI=1S/C31H42N6O2/c1-4-5-6-7-8-12-17-28(38)37(26-18-19-27-34-35-30(23(2)3)36(27)22-26)29(24-14-13-20-32-21-24)31(39)33-25-15-10-9-11-16-25/h9-11,13-16,20-21,23,26,29H,4-8,12,17-19,22H2,1-3H3,(H,33,39). The van der Waals surface area contributed by atoms with Crippen LogP contribution in [0.2, 0.25) is 0 Å². The summed E-state index contributed by atoms with van der Waals surface area (Å²) in [6.45, 7) is 6.99. The number of benzene rings is 1. The maximum Gasteiger partial charge on any atom is 0.251 e. The molecule has 1 aliphatic heterocycles. The molecule has 0 fully saturated rings. The molecule has 0 aliphatic carbocycles. The van der Waals surface area contributed by atoms with Crippen molar-refractivity contribution in [3.8, 4) is 0 Å². The first kappa shape index (κ1) is 28.5. The minimum atomic E-state index is -0.794. The number of nitrogens with zero attached hydrogens (tertiary/aromatic N) is 5. The summed E-state index contributed by atoms with van der Waals surface area (Å²) in [5, 5.41) is 11.9. The molecule has 0 spiro atoms. The molecule has 0 radical (unpaired) electrons. The second kappa shape index (κ2) is 14.0. The molecule has 2 unspecified atom stereocenters. The van der Waals surface area contributed by atoms with E-state index >= 15 is 0 Å². The van der Waals surface area contributed by atoms with E-state index in [-0.39, 0.29) is 23.8 Å². The minimum Gasteiger partial charge on any atom is -0.324 e. The highest BCUT2D eigenvalue weighted by Gasteiger charge is 2.38. The van der Waals surface area contributed by atoms with E-state index in [0.717, 1.165) is 37.3 Å². The molecule has 2 aromatic heterocycles. The summed E-state index contributed by atoms with van der Waals surface area (Å²) in [5.74, 6) is 1.86. The van der Waals surface area contributed by atoms with Crippen molar-refractivity contribution in [3.63, 3.8) is 0 Å². The molecule has 1 aromatic carbocycles. The number of carbonyl (C=O) groups is 2. The summed E-state index contributed by atoms with van der Waals surface area (Å²) in [4.78, 5) is 34.2. The quantitative estimate of drug-likeness (QED) is 0.271. The summed E-state index contributed by atoms with van der Waals surface area (Å²) in [5.41, 5.74) is 1.41. The molecule has 1 aliphatic rings. The highest BCUT2D eigenvalue weighted by molar-refractivity contribution is 5.98. The van der Waals surface area contributed by atoms with Crippen molar-refractivity contribution in [3.05, 3.63) is 72.1 Å². The Bertz CT molecular complexity index is 1190. The molecular weight excluding hydrogens is 488 g/mol. The van der Waals surface area contributed by atoms with E-state index in [1.807, 2.05) is 47.4 Å². The van der Waals surface area contributed by atoms with Crippen molar-refractivity contribution in [1.29, 1.82) is 0 Å². The van der Waals surface area contributed by atoms with Crippen LogP contribution in [0.1, 0.15) is 101 Å². The van der Waals surface area contributed by atoms with Gasteiger partial charge < -0.3 is 14.8 Å². The van der Waals surface area contributed by atoms with Gasteiger partial charge in [0.05, 0.1) is 6.04 Å². The molecule has 1 N–H and O–H groups in total. The number of anilines is 1. The second-order valence-corrected chi connectivity index (χ2v) is 10.8. The molecule has 0 bridgehead atoms. The third-order valence-corrected chi connectivity index (χ3v) is 7.46. The highest BCUT2D eigenvalue weighted by atomic mass is 16.2. The number of aromatic nitrogens is 4. The predicted octanol–water partition coefficient (Wildman–Crippen LogP) is 6.07. The Morgan fingerprint density at radius 1 is 1.03 bits per heavy atom. The smallest absolute Gasteiger partial charge is 0.251 e. The molecule has 0 saturated carbocycles. The summed E-state index contributed by atoms with van der Waals surface area (Å²) in [6, 6.07) is 12.2. The van der Waals surface area contributed by atoms with Crippen molar-refractivity contribution >= 4 is 17.5 Å². The molecule has 2 amide bonds. The molecule has 8 nitrogen and oxygen atoms in total. The second-order valence-electron chi connectivity index (χ2n) is 10.8. The maximum absolute atomic E-state index is 14.1. The van der Waals surface area contributed by atoms with Gasteiger partial charge in [-0.2, -0.15) is 0 Å². The molecule has 208 valence electrons. The highest BCUT2D eigenvalue weighted by Crippen LogP contribution is 2.31. The van der Waals surface area contributed by atoms with Gasteiger partial charge in [0.25, 0.3) is 5.91 Å². The lowest BCUT2D eigenvalue weighted by atomic mass is 9.97. The SMILES string of the molecule is CCCCCCCCC(=O)N(C1CCc2nnc(C(C)C)n2C1)C(C(=O)Nc1ccccc1)c1cccnc1. The van der Waals surface area contributed by atoms with E-state index in [9.17, 15) is 9.59 Å². The third kappa shape index (κ3) is 7.31. The summed E-state index contributed by atoms with van der Waals surface area (Å²) >= 11 is 0. The van der Waals surface area contributed by atoms with Crippen LogP contribution in [0.25, 0.3) is 0 Å². The lowest BCUT2D eigenvalue weighted by molar-refractivity contribution is -0.142.